The van der Waals surface area contributed by atoms with Crippen molar-refractivity contribution in [3.05, 3.63) is 35.9 Å². The molecule has 1 amide bonds. The predicted molar refractivity (Wildman–Crippen MR) is 96.7 cm³/mol. The zero-order valence-corrected chi connectivity index (χ0v) is 14.8. The summed E-state index contributed by atoms with van der Waals surface area (Å²) in [5.74, 6) is 0.170. The molecule has 0 spiro atoms. The molecule has 1 atom stereocenters. The second-order valence-electron chi connectivity index (χ2n) is 6.36. The van der Waals surface area contributed by atoms with Gasteiger partial charge in [-0.15, -0.1) is 12.4 Å². The predicted octanol–water partition coefficient (Wildman–Crippen LogP) is 1.58. The van der Waals surface area contributed by atoms with Gasteiger partial charge < -0.3 is 10.2 Å². The lowest BCUT2D eigenvalue weighted by Crippen LogP contribution is -2.49. The fraction of sp³-hybridized carbons (Fsp3) is 0.556. The maximum Gasteiger partial charge on any atom is 0.223 e. The number of hydrogen-bond donors (Lipinski definition) is 1. The van der Waals surface area contributed by atoms with Gasteiger partial charge in [0.25, 0.3) is 0 Å². The summed E-state index contributed by atoms with van der Waals surface area (Å²) in [6, 6.07) is 9.71. The third kappa shape index (κ3) is 4.79. The maximum atomic E-state index is 12.4. The highest BCUT2D eigenvalue weighted by atomic mass is 35.5. The van der Waals surface area contributed by atoms with Gasteiger partial charge in [0.2, 0.25) is 5.91 Å². The summed E-state index contributed by atoms with van der Waals surface area (Å²) >= 11 is 0. The van der Waals surface area contributed by atoms with Gasteiger partial charge in [-0.3, -0.25) is 14.5 Å². The molecule has 2 saturated heterocycles. The van der Waals surface area contributed by atoms with Gasteiger partial charge in [-0.2, -0.15) is 0 Å². The molecule has 1 N–H and O–H groups in total. The number of piperazine rings is 1. The topological polar surface area (TPSA) is 52.7 Å². The van der Waals surface area contributed by atoms with Crippen molar-refractivity contribution in [1.29, 1.82) is 0 Å². The largest absolute Gasteiger partial charge is 0.341 e. The normalized spacial score (nSPS) is 21.3. The van der Waals surface area contributed by atoms with Crippen LogP contribution in [0.2, 0.25) is 0 Å². The van der Waals surface area contributed by atoms with Gasteiger partial charge in [-0.05, 0) is 6.42 Å². The quantitative estimate of drug-likeness (QED) is 0.818. The summed E-state index contributed by atoms with van der Waals surface area (Å²) in [4.78, 5) is 28.9. The smallest absolute Gasteiger partial charge is 0.223 e. The van der Waals surface area contributed by atoms with E-state index in [1.54, 1.807) is 0 Å². The number of benzene rings is 1. The summed E-state index contributed by atoms with van der Waals surface area (Å²) in [5.41, 5.74) is 0.695. The minimum Gasteiger partial charge on any atom is -0.341 e. The van der Waals surface area contributed by atoms with E-state index < -0.39 is 0 Å². The van der Waals surface area contributed by atoms with Gasteiger partial charge in [0, 0.05) is 63.7 Å². The number of amides is 1. The lowest BCUT2D eigenvalue weighted by atomic mass is 10.1. The van der Waals surface area contributed by atoms with Crippen molar-refractivity contribution >= 4 is 24.1 Å². The van der Waals surface area contributed by atoms with E-state index in [9.17, 15) is 9.59 Å². The molecule has 132 valence electrons. The molecule has 3 rings (SSSR count). The average molecular weight is 352 g/mol. The van der Waals surface area contributed by atoms with Gasteiger partial charge in [0.1, 0.15) is 0 Å². The number of rotatable bonds is 5. The first-order valence-corrected chi connectivity index (χ1v) is 8.55. The Kier molecular flexibility index (Phi) is 7.21. The van der Waals surface area contributed by atoms with Crippen molar-refractivity contribution in [1.82, 2.24) is 15.1 Å². The SMILES string of the molecule is Cl.O=C(CCC(=O)N1CCC(N2CCNCC2)C1)c1ccccc1. The molecule has 6 heteroatoms. The summed E-state index contributed by atoms with van der Waals surface area (Å²) < 4.78 is 0. The van der Waals surface area contributed by atoms with Crippen LogP contribution in [0.25, 0.3) is 0 Å². The van der Waals surface area contributed by atoms with Gasteiger partial charge in [0.05, 0.1) is 0 Å². The maximum absolute atomic E-state index is 12.4. The van der Waals surface area contributed by atoms with Crippen LogP contribution in [0.15, 0.2) is 30.3 Å². The fourth-order valence-corrected chi connectivity index (χ4v) is 3.46. The van der Waals surface area contributed by atoms with Crippen molar-refractivity contribution < 1.29 is 9.59 Å². The van der Waals surface area contributed by atoms with Crippen LogP contribution >= 0.6 is 12.4 Å². The summed E-state index contributed by atoms with van der Waals surface area (Å²) in [6.45, 7) is 5.86. The van der Waals surface area contributed by atoms with E-state index in [1.807, 2.05) is 35.2 Å². The molecule has 24 heavy (non-hydrogen) atoms. The molecule has 2 aliphatic heterocycles. The Morgan fingerprint density at radius 1 is 1.04 bits per heavy atom. The number of halogens is 1. The summed E-state index contributed by atoms with van der Waals surface area (Å²) in [6.07, 6.45) is 1.68. The number of nitrogens with one attached hydrogen (secondary N) is 1. The van der Waals surface area contributed by atoms with Gasteiger partial charge in [-0.1, -0.05) is 30.3 Å². The highest BCUT2D eigenvalue weighted by Crippen LogP contribution is 2.18. The number of ketones is 1. The molecular formula is C18H26ClN3O2. The third-order valence-electron chi connectivity index (χ3n) is 4.85. The van der Waals surface area contributed by atoms with Crippen LogP contribution in [0, 0.1) is 0 Å². The molecule has 0 aliphatic carbocycles. The van der Waals surface area contributed by atoms with Gasteiger partial charge >= 0.3 is 0 Å². The Bertz CT molecular complexity index is 546. The standard InChI is InChI=1S/C18H25N3O2.ClH/c22-17(15-4-2-1-3-5-15)6-7-18(23)21-11-8-16(14-21)20-12-9-19-10-13-20;/h1-5,16,19H,6-14H2;1H. The number of Topliss-reactive ketones (excluding diaryl/α,β-unsaturated/α-hetero) is 1. The van der Waals surface area contributed by atoms with E-state index in [1.165, 1.54) is 0 Å². The minimum absolute atomic E-state index is 0. The van der Waals surface area contributed by atoms with E-state index >= 15 is 0 Å². The van der Waals surface area contributed by atoms with Crippen LogP contribution in [0.4, 0.5) is 0 Å². The molecule has 2 heterocycles. The van der Waals surface area contributed by atoms with Crippen LogP contribution in [-0.4, -0.2) is 66.8 Å². The lowest BCUT2D eigenvalue weighted by molar-refractivity contribution is -0.130. The first-order valence-electron chi connectivity index (χ1n) is 8.55. The molecule has 1 aromatic carbocycles. The van der Waals surface area contributed by atoms with Gasteiger partial charge in [-0.25, -0.2) is 0 Å². The van der Waals surface area contributed by atoms with Crippen LogP contribution in [0.1, 0.15) is 29.6 Å². The average Bonchev–Trinajstić information content (AvgIpc) is 3.11. The lowest BCUT2D eigenvalue weighted by Gasteiger charge is -2.32. The number of likely N-dealkylation sites (tertiary alicyclic amines) is 1. The molecule has 0 saturated carbocycles. The zero-order chi connectivity index (χ0) is 16.1. The van der Waals surface area contributed by atoms with Crippen molar-refractivity contribution in [2.75, 3.05) is 39.3 Å². The molecule has 0 radical (unpaired) electrons. The van der Waals surface area contributed by atoms with E-state index in [0.29, 0.717) is 24.4 Å². The number of hydrogen-bond acceptors (Lipinski definition) is 4. The third-order valence-corrected chi connectivity index (χ3v) is 4.85. The second kappa shape index (κ2) is 9.16. The molecule has 2 fully saturated rings. The Hall–Kier alpha value is -1.43. The van der Waals surface area contributed by atoms with E-state index in [2.05, 4.69) is 10.2 Å². The molecule has 1 unspecified atom stereocenters. The first kappa shape index (κ1) is 18.9. The van der Waals surface area contributed by atoms with Crippen LogP contribution < -0.4 is 5.32 Å². The molecular weight excluding hydrogens is 326 g/mol. The van der Waals surface area contributed by atoms with Gasteiger partial charge in [0.15, 0.2) is 5.78 Å². The Labute approximate surface area is 149 Å². The number of carbonyl (C=O) groups excluding carboxylic acids is 2. The Morgan fingerprint density at radius 3 is 2.46 bits per heavy atom. The van der Waals surface area contributed by atoms with E-state index in [-0.39, 0.29) is 24.1 Å². The second-order valence-corrected chi connectivity index (χ2v) is 6.36. The Balaban J connectivity index is 0.00000208. The first-order chi connectivity index (χ1) is 11.2. The number of carbonyl (C=O) groups is 2. The monoisotopic (exact) mass is 351 g/mol. The minimum atomic E-state index is 0. The van der Waals surface area contributed by atoms with Crippen molar-refractivity contribution in [2.45, 2.75) is 25.3 Å². The van der Waals surface area contributed by atoms with E-state index in [0.717, 1.165) is 45.7 Å². The fourth-order valence-electron chi connectivity index (χ4n) is 3.46. The van der Waals surface area contributed by atoms with Crippen molar-refractivity contribution in [3.63, 3.8) is 0 Å². The highest BCUT2D eigenvalue weighted by molar-refractivity contribution is 5.97. The van der Waals surface area contributed by atoms with E-state index in [4.69, 9.17) is 0 Å². The summed E-state index contributed by atoms with van der Waals surface area (Å²) in [7, 11) is 0. The highest BCUT2D eigenvalue weighted by Gasteiger charge is 2.30. The van der Waals surface area contributed by atoms with Crippen molar-refractivity contribution in [2.24, 2.45) is 0 Å². The van der Waals surface area contributed by atoms with Crippen molar-refractivity contribution in [3.8, 4) is 0 Å². The van der Waals surface area contributed by atoms with Crippen LogP contribution in [0.5, 0.6) is 0 Å². The molecule has 5 nitrogen and oxygen atoms in total. The molecule has 1 aromatic rings. The number of nitrogens with zero attached hydrogens (tertiary/aromatic N) is 2. The molecule has 0 bridgehead atoms. The zero-order valence-electron chi connectivity index (χ0n) is 13.9. The molecule has 0 aromatic heterocycles. The van der Waals surface area contributed by atoms with Crippen LogP contribution in [-0.2, 0) is 4.79 Å². The Morgan fingerprint density at radius 2 is 1.75 bits per heavy atom. The molecule has 2 aliphatic rings. The van der Waals surface area contributed by atoms with Crippen LogP contribution in [0.3, 0.4) is 0 Å². The summed E-state index contributed by atoms with van der Waals surface area (Å²) in [5, 5.41) is 3.36.